The molecule has 0 aliphatic carbocycles. The summed E-state index contributed by atoms with van der Waals surface area (Å²) in [5, 5.41) is 5.97. The zero-order chi connectivity index (χ0) is 22.2. The van der Waals surface area contributed by atoms with Gasteiger partial charge in [-0.05, 0) is 46.5 Å². The molecule has 2 heterocycles. The fourth-order valence-electron chi connectivity index (χ4n) is 3.43. The van der Waals surface area contributed by atoms with E-state index in [9.17, 15) is 13.2 Å². The van der Waals surface area contributed by atoms with Gasteiger partial charge in [-0.15, -0.1) is 24.0 Å². The van der Waals surface area contributed by atoms with E-state index in [4.69, 9.17) is 9.47 Å². The van der Waals surface area contributed by atoms with Crippen molar-refractivity contribution in [2.75, 3.05) is 45.6 Å². The van der Waals surface area contributed by atoms with Crippen LogP contribution in [0.2, 0.25) is 0 Å². The van der Waals surface area contributed by atoms with E-state index in [1.54, 1.807) is 7.05 Å². The van der Waals surface area contributed by atoms with Crippen molar-refractivity contribution in [3.05, 3.63) is 0 Å². The quantitative estimate of drug-likeness (QED) is 0.238. The number of nitrogens with one attached hydrogen (secondary N) is 3. The van der Waals surface area contributed by atoms with E-state index >= 15 is 0 Å². The molecule has 2 fully saturated rings. The SMILES string of the molecule is CN=C(NCCS(=O)(=O)NCC1CCCCO1)N1CCC(NC(=O)OC(C)(C)C)C1.I. The van der Waals surface area contributed by atoms with E-state index in [-0.39, 0.29) is 48.4 Å². The molecule has 2 aliphatic rings. The Bertz CT molecular complexity index is 692. The molecule has 2 aliphatic heterocycles. The average Bonchev–Trinajstić information content (AvgIpc) is 3.11. The number of sulfonamides is 1. The van der Waals surface area contributed by atoms with Gasteiger partial charge < -0.3 is 25.0 Å². The van der Waals surface area contributed by atoms with Crippen molar-refractivity contribution in [3.8, 4) is 0 Å². The predicted molar refractivity (Wildman–Crippen MR) is 132 cm³/mol. The minimum Gasteiger partial charge on any atom is -0.444 e. The number of aliphatic imine (C=N–C) groups is 1. The lowest BCUT2D eigenvalue weighted by atomic mass is 10.1. The van der Waals surface area contributed by atoms with Crippen LogP contribution in [0.25, 0.3) is 0 Å². The Labute approximate surface area is 203 Å². The molecular weight excluding hydrogens is 537 g/mol. The Morgan fingerprint density at radius 2 is 2.00 bits per heavy atom. The third-order valence-electron chi connectivity index (χ3n) is 4.88. The standard InChI is InChI=1S/C19H37N5O5S.HI/c1-19(2,3)29-18(25)23-15-8-10-24(14-15)17(20-4)21-9-12-30(26,27)22-13-16-7-5-6-11-28-16;/h15-16,22H,5-14H2,1-4H3,(H,20,21)(H,23,25);1H. The lowest BCUT2D eigenvalue weighted by Gasteiger charge is -2.24. The topological polar surface area (TPSA) is 121 Å². The summed E-state index contributed by atoms with van der Waals surface area (Å²) in [6.45, 7) is 8.03. The molecule has 10 nitrogen and oxygen atoms in total. The molecule has 182 valence electrons. The molecule has 0 spiro atoms. The Balaban J connectivity index is 0.00000480. The third kappa shape index (κ3) is 11.0. The number of halogens is 1. The molecule has 1 amide bonds. The Morgan fingerprint density at radius 1 is 1.26 bits per heavy atom. The maximum absolute atomic E-state index is 12.2. The number of amides is 1. The highest BCUT2D eigenvalue weighted by atomic mass is 127. The lowest BCUT2D eigenvalue weighted by molar-refractivity contribution is 0.0200. The van der Waals surface area contributed by atoms with Gasteiger partial charge in [0, 0.05) is 39.8 Å². The minimum absolute atomic E-state index is 0. The average molecular weight is 576 g/mol. The van der Waals surface area contributed by atoms with Crippen LogP contribution in [0.4, 0.5) is 4.79 Å². The Hall–Kier alpha value is -0.860. The molecule has 0 saturated carbocycles. The van der Waals surface area contributed by atoms with Crippen molar-refractivity contribution in [1.29, 1.82) is 0 Å². The van der Waals surface area contributed by atoms with Crippen LogP contribution in [0.1, 0.15) is 46.5 Å². The van der Waals surface area contributed by atoms with Crippen molar-refractivity contribution in [2.24, 2.45) is 4.99 Å². The van der Waals surface area contributed by atoms with E-state index in [2.05, 4.69) is 20.3 Å². The highest BCUT2D eigenvalue weighted by Crippen LogP contribution is 2.13. The highest BCUT2D eigenvalue weighted by molar-refractivity contribution is 14.0. The minimum atomic E-state index is -3.39. The molecule has 12 heteroatoms. The smallest absolute Gasteiger partial charge is 0.407 e. The number of carbonyl (C=O) groups is 1. The fourth-order valence-corrected chi connectivity index (χ4v) is 4.39. The molecule has 2 unspecified atom stereocenters. The van der Waals surface area contributed by atoms with E-state index in [0.29, 0.717) is 32.2 Å². The van der Waals surface area contributed by atoms with Gasteiger partial charge in [0.25, 0.3) is 0 Å². The van der Waals surface area contributed by atoms with Gasteiger partial charge in [-0.3, -0.25) is 4.99 Å². The summed E-state index contributed by atoms with van der Waals surface area (Å²) in [4.78, 5) is 18.2. The zero-order valence-electron chi connectivity index (χ0n) is 19.0. The molecule has 2 rings (SSSR count). The van der Waals surface area contributed by atoms with Crippen LogP contribution in [0.5, 0.6) is 0 Å². The van der Waals surface area contributed by atoms with Crippen molar-refractivity contribution < 1.29 is 22.7 Å². The first-order valence-electron chi connectivity index (χ1n) is 10.6. The van der Waals surface area contributed by atoms with Crippen LogP contribution in [0, 0.1) is 0 Å². The number of ether oxygens (including phenoxy) is 2. The second kappa shape index (κ2) is 13.0. The highest BCUT2D eigenvalue weighted by Gasteiger charge is 2.28. The van der Waals surface area contributed by atoms with Gasteiger partial charge >= 0.3 is 6.09 Å². The molecule has 0 bridgehead atoms. The summed E-state index contributed by atoms with van der Waals surface area (Å²) in [6.07, 6.45) is 3.30. The fraction of sp³-hybridized carbons (Fsp3) is 0.895. The number of likely N-dealkylation sites (tertiary alicyclic amines) is 1. The van der Waals surface area contributed by atoms with Crippen LogP contribution in [-0.2, 0) is 19.5 Å². The Morgan fingerprint density at radius 3 is 2.61 bits per heavy atom. The van der Waals surface area contributed by atoms with E-state index in [1.165, 1.54) is 0 Å². The summed E-state index contributed by atoms with van der Waals surface area (Å²) in [6, 6.07) is -0.0423. The lowest BCUT2D eigenvalue weighted by Crippen LogP contribution is -2.45. The first kappa shape index (κ1) is 28.2. The van der Waals surface area contributed by atoms with Gasteiger partial charge in [0.1, 0.15) is 5.60 Å². The monoisotopic (exact) mass is 575 g/mol. The second-order valence-electron chi connectivity index (χ2n) is 8.71. The van der Waals surface area contributed by atoms with Gasteiger partial charge in [-0.2, -0.15) is 0 Å². The number of carbonyl (C=O) groups excluding carboxylic acids is 1. The van der Waals surface area contributed by atoms with Crippen LogP contribution in [-0.4, -0.2) is 88.7 Å². The van der Waals surface area contributed by atoms with Gasteiger partial charge in [-0.25, -0.2) is 17.9 Å². The molecule has 2 atom stereocenters. The molecule has 3 N–H and O–H groups in total. The number of alkyl carbamates (subject to hydrolysis) is 1. The van der Waals surface area contributed by atoms with Crippen molar-refractivity contribution in [3.63, 3.8) is 0 Å². The molecule has 0 aromatic heterocycles. The molecular formula is C19H38IN5O5S. The van der Waals surface area contributed by atoms with Crippen LogP contribution in [0.3, 0.4) is 0 Å². The summed E-state index contributed by atoms with van der Waals surface area (Å²) >= 11 is 0. The number of rotatable bonds is 7. The molecule has 0 aromatic rings. The second-order valence-corrected chi connectivity index (χ2v) is 10.6. The van der Waals surface area contributed by atoms with E-state index < -0.39 is 21.7 Å². The van der Waals surface area contributed by atoms with Crippen molar-refractivity contribution in [1.82, 2.24) is 20.3 Å². The van der Waals surface area contributed by atoms with Crippen molar-refractivity contribution >= 4 is 46.1 Å². The maximum Gasteiger partial charge on any atom is 0.407 e. The third-order valence-corrected chi connectivity index (χ3v) is 6.23. The predicted octanol–water partition coefficient (Wildman–Crippen LogP) is 1.27. The van der Waals surface area contributed by atoms with E-state index in [1.807, 2.05) is 25.7 Å². The molecule has 0 aromatic carbocycles. The van der Waals surface area contributed by atoms with Gasteiger partial charge in [0.2, 0.25) is 10.0 Å². The maximum atomic E-state index is 12.2. The van der Waals surface area contributed by atoms with Gasteiger partial charge in [-0.1, -0.05) is 0 Å². The molecule has 2 saturated heterocycles. The molecule has 31 heavy (non-hydrogen) atoms. The largest absolute Gasteiger partial charge is 0.444 e. The Kier molecular flexibility index (Phi) is 11.8. The summed E-state index contributed by atoms with van der Waals surface area (Å²) in [7, 11) is -1.74. The zero-order valence-corrected chi connectivity index (χ0v) is 22.1. The number of nitrogens with zero attached hydrogens (tertiary/aromatic N) is 2. The number of hydrogen-bond acceptors (Lipinski definition) is 6. The summed E-state index contributed by atoms with van der Waals surface area (Å²) < 4.78 is 37.9. The van der Waals surface area contributed by atoms with Gasteiger partial charge in [0.05, 0.1) is 17.9 Å². The van der Waals surface area contributed by atoms with Crippen LogP contribution >= 0.6 is 24.0 Å². The normalized spacial score (nSPS) is 22.6. The first-order valence-corrected chi connectivity index (χ1v) is 12.3. The van der Waals surface area contributed by atoms with E-state index in [0.717, 1.165) is 25.7 Å². The van der Waals surface area contributed by atoms with Crippen LogP contribution < -0.4 is 15.4 Å². The van der Waals surface area contributed by atoms with Gasteiger partial charge in [0.15, 0.2) is 5.96 Å². The summed E-state index contributed by atoms with van der Waals surface area (Å²) in [5.41, 5.74) is -0.539. The summed E-state index contributed by atoms with van der Waals surface area (Å²) in [5.74, 6) is 0.570. The number of hydrogen-bond donors (Lipinski definition) is 3. The number of guanidine groups is 1. The molecule has 0 radical (unpaired) electrons. The van der Waals surface area contributed by atoms with Crippen molar-refractivity contribution in [2.45, 2.75) is 64.2 Å². The first-order chi connectivity index (χ1) is 14.1. The van der Waals surface area contributed by atoms with Crippen LogP contribution in [0.15, 0.2) is 4.99 Å².